The van der Waals surface area contributed by atoms with E-state index in [0.717, 1.165) is 25.7 Å². The van der Waals surface area contributed by atoms with Gasteiger partial charge in [0.2, 0.25) is 0 Å². The molecule has 1 aliphatic carbocycles. The van der Waals surface area contributed by atoms with Crippen molar-refractivity contribution in [2.45, 2.75) is 42.8 Å². The molecule has 0 spiro atoms. The van der Waals surface area contributed by atoms with E-state index in [4.69, 9.17) is 0 Å². The number of benzene rings is 1. The Morgan fingerprint density at radius 1 is 1.29 bits per heavy atom. The summed E-state index contributed by atoms with van der Waals surface area (Å²) >= 11 is 1.75. The van der Waals surface area contributed by atoms with Gasteiger partial charge in [-0.1, -0.05) is 31.0 Å². The second kappa shape index (κ2) is 5.58. The van der Waals surface area contributed by atoms with Gasteiger partial charge in [0.1, 0.15) is 0 Å². The summed E-state index contributed by atoms with van der Waals surface area (Å²) in [4.78, 5) is 12.5. The molecule has 2 nitrogen and oxygen atoms in total. The Balaban J connectivity index is 2.11. The zero-order chi connectivity index (χ0) is 12.3. The monoisotopic (exact) mass is 250 g/mol. The molecule has 0 bridgehead atoms. The first-order chi connectivity index (χ1) is 8.18. The lowest BCUT2D eigenvalue weighted by Crippen LogP contribution is -2.29. The summed E-state index contributed by atoms with van der Waals surface area (Å²) in [7, 11) is 0. The minimum atomic E-state index is -0.629. The third-order valence-corrected chi connectivity index (χ3v) is 4.97. The fourth-order valence-electron chi connectivity index (χ4n) is 2.37. The molecule has 2 unspecified atom stereocenters. The Morgan fingerprint density at radius 3 is 2.71 bits per heavy atom. The SMILES string of the molecule is Cc1ccccc1SC1CCCCC1C(=O)O. The Kier molecular flexibility index (Phi) is 4.11. The highest BCUT2D eigenvalue weighted by atomic mass is 32.2. The lowest BCUT2D eigenvalue weighted by Gasteiger charge is -2.28. The number of rotatable bonds is 3. The summed E-state index contributed by atoms with van der Waals surface area (Å²) in [5.74, 6) is -0.802. The van der Waals surface area contributed by atoms with Gasteiger partial charge in [0.05, 0.1) is 5.92 Å². The van der Waals surface area contributed by atoms with Crippen molar-refractivity contribution >= 4 is 17.7 Å². The maximum atomic E-state index is 11.2. The third kappa shape index (κ3) is 3.03. The van der Waals surface area contributed by atoms with Crippen LogP contribution in [0.4, 0.5) is 0 Å². The van der Waals surface area contributed by atoms with E-state index in [-0.39, 0.29) is 11.2 Å². The minimum Gasteiger partial charge on any atom is -0.481 e. The molecule has 0 radical (unpaired) electrons. The normalized spacial score (nSPS) is 24.5. The first kappa shape index (κ1) is 12.5. The van der Waals surface area contributed by atoms with Crippen molar-refractivity contribution in [1.82, 2.24) is 0 Å². The Labute approximate surface area is 106 Å². The topological polar surface area (TPSA) is 37.3 Å². The summed E-state index contributed by atoms with van der Waals surface area (Å²) in [6, 6.07) is 8.22. The second-order valence-corrected chi connectivity index (χ2v) is 5.93. The number of aliphatic carboxylic acids is 1. The van der Waals surface area contributed by atoms with Crippen molar-refractivity contribution in [3.8, 4) is 0 Å². The molecule has 0 aromatic heterocycles. The van der Waals surface area contributed by atoms with Crippen LogP contribution in [-0.4, -0.2) is 16.3 Å². The molecule has 1 saturated carbocycles. The molecule has 17 heavy (non-hydrogen) atoms. The maximum Gasteiger partial charge on any atom is 0.307 e. The van der Waals surface area contributed by atoms with E-state index in [2.05, 4.69) is 19.1 Å². The average Bonchev–Trinajstić information content (AvgIpc) is 2.32. The van der Waals surface area contributed by atoms with Crippen LogP contribution in [0.15, 0.2) is 29.2 Å². The lowest BCUT2D eigenvalue weighted by molar-refractivity contribution is -0.142. The fourth-order valence-corrected chi connectivity index (χ4v) is 3.81. The van der Waals surface area contributed by atoms with Gasteiger partial charge >= 0.3 is 5.97 Å². The van der Waals surface area contributed by atoms with Gasteiger partial charge in [0.25, 0.3) is 0 Å². The van der Waals surface area contributed by atoms with Gasteiger partial charge < -0.3 is 5.11 Å². The van der Waals surface area contributed by atoms with Crippen molar-refractivity contribution in [1.29, 1.82) is 0 Å². The highest BCUT2D eigenvalue weighted by Gasteiger charge is 2.31. The van der Waals surface area contributed by atoms with Crippen molar-refractivity contribution < 1.29 is 9.90 Å². The van der Waals surface area contributed by atoms with E-state index in [0.29, 0.717) is 0 Å². The van der Waals surface area contributed by atoms with Crippen LogP contribution in [0.25, 0.3) is 0 Å². The molecule has 92 valence electrons. The molecule has 1 fully saturated rings. The number of carboxylic acids is 1. The molecular formula is C14H18O2S. The fraction of sp³-hybridized carbons (Fsp3) is 0.500. The molecule has 0 heterocycles. The first-order valence-electron chi connectivity index (χ1n) is 6.13. The van der Waals surface area contributed by atoms with Gasteiger partial charge in [-0.15, -0.1) is 11.8 Å². The summed E-state index contributed by atoms with van der Waals surface area (Å²) in [6.45, 7) is 2.08. The molecule has 2 atom stereocenters. The van der Waals surface area contributed by atoms with Gasteiger partial charge in [0.15, 0.2) is 0 Å². The smallest absolute Gasteiger partial charge is 0.307 e. The summed E-state index contributed by atoms with van der Waals surface area (Å²) in [5, 5.41) is 9.48. The predicted molar refractivity (Wildman–Crippen MR) is 70.4 cm³/mol. The molecule has 2 rings (SSSR count). The Hall–Kier alpha value is -0.960. The van der Waals surface area contributed by atoms with Crippen LogP contribution >= 0.6 is 11.8 Å². The van der Waals surface area contributed by atoms with E-state index in [1.165, 1.54) is 10.5 Å². The van der Waals surface area contributed by atoms with Crippen LogP contribution in [0.1, 0.15) is 31.2 Å². The Bertz CT molecular complexity index is 403. The zero-order valence-electron chi connectivity index (χ0n) is 10.1. The van der Waals surface area contributed by atoms with E-state index in [1.807, 2.05) is 12.1 Å². The number of aryl methyl sites for hydroxylation is 1. The predicted octanol–water partition coefficient (Wildman–Crippen LogP) is 3.73. The van der Waals surface area contributed by atoms with E-state index < -0.39 is 5.97 Å². The highest BCUT2D eigenvalue weighted by molar-refractivity contribution is 8.00. The first-order valence-corrected chi connectivity index (χ1v) is 7.01. The zero-order valence-corrected chi connectivity index (χ0v) is 10.9. The second-order valence-electron chi connectivity index (χ2n) is 4.65. The van der Waals surface area contributed by atoms with Crippen LogP contribution < -0.4 is 0 Å². The number of carbonyl (C=O) groups is 1. The summed E-state index contributed by atoms with van der Waals surface area (Å²) < 4.78 is 0. The van der Waals surface area contributed by atoms with Crippen LogP contribution in [0.2, 0.25) is 0 Å². The lowest BCUT2D eigenvalue weighted by atomic mass is 9.89. The summed E-state index contributed by atoms with van der Waals surface area (Å²) in [6.07, 6.45) is 4.07. The number of carboxylic acid groups (broad SMARTS) is 1. The molecular weight excluding hydrogens is 232 g/mol. The van der Waals surface area contributed by atoms with Crippen LogP contribution in [0, 0.1) is 12.8 Å². The molecule has 3 heteroatoms. The molecule has 1 aromatic carbocycles. The Morgan fingerprint density at radius 2 is 2.00 bits per heavy atom. The molecule has 1 aromatic rings. The van der Waals surface area contributed by atoms with Crippen LogP contribution in [0.5, 0.6) is 0 Å². The highest BCUT2D eigenvalue weighted by Crippen LogP contribution is 2.38. The molecule has 0 amide bonds. The molecule has 1 aliphatic rings. The quantitative estimate of drug-likeness (QED) is 0.888. The molecule has 0 saturated heterocycles. The van der Waals surface area contributed by atoms with Crippen molar-refractivity contribution in [2.75, 3.05) is 0 Å². The van der Waals surface area contributed by atoms with Gasteiger partial charge in [-0.05, 0) is 31.4 Å². The maximum absolute atomic E-state index is 11.2. The third-order valence-electron chi connectivity index (χ3n) is 3.39. The standard InChI is InChI=1S/C14H18O2S/c1-10-6-2-4-8-12(10)17-13-9-5-3-7-11(13)14(15)16/h2,4,6,8,11,13H,3,5,7,9H2,1H3,(H,15,16). The largest absolute Gasteiger partial charge is 0.481 e. The van der Waals surface area contributed by atoms with Crippen molar-refractivity contribution in [3.63, 3.8) is 0 Å². The van der Waals surface area contributed by atoms with E-state index in [9.17, 15) is 9.90 Å². The van der Waals surface area contributed by atoms with Crippen molar-refractivity contribution in [3.05, 3.63) is 29.8 Å². The van der Waals surface area contributed by atoms with E-state index >= 15 is 0 Å². The van der Waals surface area contributed by atoms with Gasteiger partial charge in [-0.2, -0.15) is 0 Å². The summed E-state index contributed by atoms with van der Waals surface area (Å²) in [5.41, 5.74) is 1.24. The van der Waals surface area contributed by atoms with Crippen LogP contribution in [-0.2, 0) is 4.79 Å². The molecule has 1 N–H and O–H groups in total. The minimum absolute atomic E-state index is 0.173. The average molecular weight is 250 g/mol. The molecule has 0 aliphatic heterocycles. The van der Waals surface area contributed by atoms with Gasteiger partial charge in [-0.25, -0.2) is 0 Å². The van der Waals surface area contributed by atoms with Gasteiger partial charge in [0, 0.05) is 10.1 Å². The number of hydrogen-bond acceptors (Lipinski definition) is 2. The van der Waals surface area contributed by atoms with Crippen molar-refractivity contribution in [2.24, 2.45) is 5.92 Å². The van der Waals surface area contributed by atoms with E-state index in [1.54, 1.807) is 11.8 Å². The number of hydrogen-bond donors (Lipinski definition) is 1. The number of thioether (sulfide) groups is 1. The van der Waals surface area contributed by atoms with Gasteiger partial charge in [-0.3, -0.25) is 4.79 Å². The van der Waals surface area contributed by atoms with Crippen LogP contribution in [0.3, 0.4) is 0 Å².